The van der Waals surface area contributed by atoms with Crippen molar-refractivity contribution >= 4 is 49.9 Å². The first kappa shape index (κ1) is 19.5. The highest BCUT2D eigenvalue weighted by Gasteiger charge is 2.18. The second kappa shape index (κ2) is 9.57. The number of benzene rings is 1. The van der Waals surface area contributed by atoms with Gasteiger partial charge < -0.3 is 19.3 Å². The highest BCUT2D eigenvalue weighted by molar-refractivity contribution is 9.13. The highest BCUT2D eigenvalue weighted by Crippen LogP contribution is 2.43. The van der Waals surface area contributed by atoms with E-state index < -0.39 is 11.9 Å². The van der Waals surface area contributed by atoms with Gasteiger partial charge in [0.05, 0.1) is 17.7 Å². The van der Waals surface area contributed by atoms with Crippen molar-refractivity contribution in [1.82, 2.24) is 0 Å². The standard InChI is InChI=1S/C15H16Br2O6/c1-3-21-10-7-9(5-6-11(18)19)13(16)14(17)15(10)23-8-12(20)22-4-2/h5-7H,3-4,8H2,1-2H3,(H,18,19)/b6-5+. The summed E-state index contributed by atoms with van der Waals surface area (Å²) in [4.78, 5) is 22.1. The van der Waals surface area contributed by atoms with Crippen LogP contribution >= 0.6 is 31.9 Å². The van der Waals surface area contributed by atoms with Crippen LogP contribution in [0.5, 0.6) is 11.5 Å². The van der Waals surface area contributed by atoms with E-state index in [9.17, 15) is 9.59 Å². The molecule has 0 bridgehead atoms. The van der Waals surface area contributed by atoms with Crippen LogP contribution in [-0.2, 0) is 14.3 Å². The molecule has 1 N–H and O–H groups in total. The molecule has 6 nitrogen and oxygen atoms in total. The van der Waals surface area contributed by atoms with Gasteiger partial charge in [0, 0.05) is 10.5 Å². The molecular weight excluding hydrogens is 436 g/mol. The quantitative estimate of drug-likeness (QED) is 0.479. The molecule has 0 amide bonds. The third-order valence-corrected chi connectivity index (χ3v) is 4.64. The number of rotatable bonds is 8. The van der Waals surface area contributed by atoms with Crippen LogP contribution in [0.1, 0.15) is 19.4 Å². The molecule has 1 aromatic carbocycles. The Balaban J connectivity index is 3.16. The summed E-state index contributed by atoms with van der Waals surface area (Å²) >= 11 is 6.72. The molecule has 0 aromatic heterocycles. The highest BCUT2D eigenvalue weighted by atomic mass is 79.9. The summed E-state index contributed by atoms with van der Waals surface area (Å²) < 4.78 is 16.9. The molecule has 0 radical (unpaired) electrons. The third kappa shape index (κ3) is 5.87. The van der Waals surface area contributed by atoms with Crippen LogP contribution in [0.15, 0.2) is 21.1 Å². The van der Waals surface area contributed by atoms with Crippen LogP contribution in [0.25, 0.3) is 6.08 Å². The van der Waals surface area contributed by atoms with Gasteiger partial charge in [-0.15, -0.1) is 0 Å². The van der Waals surface area contributed by atoms with Gasteiger partial charge in [0.25, 0.3) is 0 Å². The number of ether oxygens (including phenoxy) is 3. The fraction of sp³-hybridized carbons (Fsp3) is 0.333. The van der Waals surface area contributed by atoms with Crippen LogP contribution in [-0.4, -0.2) is 36.9 Å². The Hall–Kier alpha value is -1.54. The summed E-state index contributed by atoms with van der Waals surface area (Å²) in [5.74, 6) is -0.836. The number of carboxylic acid groups (broad SMARTS) is 1. The maximum Gasteiger partial charge on any atom is 0.344 e. The van der Waals surface area contributed by atoms with Crippen molar-refractivity contribution in [3.8, 4) is 11.5 Å². The minimum Gasteiger partial charge on any atom is -0.490 e. The first-order valence-electron chi connectivity index (χ1n) is 6.74. The van der Waals surface area contributed by atoms with Crippen molar-refractivity contribution in [2.45, 2.75) is 13.8 Å². The lowest BCUT2D eigenvalue weighted by Gasteiger charge is -2.16. The zero-order valence-corrected chi connectivity index (χ0v) is 15.8. The first-order valence-corrected chi connectivity index (χ1v) is 8.33. The predicted octanol–water partition coefficient (Wildman–Crippen LogP) is 3.65. The van der Waals surface area contributed by atoms with E-state index in [0.717, 1.165) is 6.08 Å². The third-order valence-electron chi connectivity index (χ3n) is 2.50. The Morgan fingerprint density at radius 2 is 1.87 bits per heavy atom. The Morgan fingerprint density at radius 3 is 2.43 bits per heavy atom. The van der Waals surface area contributed by atoms with Crippen molar-refractivity contribution in [3.63, 3.8) is 0 Å². The largest absolute Gasteiger partial charge is 0.490 e. The first-order chi connectivity index (χ1) is 10.9. The van der Waals surface area contributed by atoms with Crippen molar-refractivity contribution in [2.24, 2.45) is 0 Å². The van der Waals surface area contributed by atoms with E-state index in [1.54, 1.807) is 19.9 Å². The van der Waals surface area contributed by atoms with Crippen LogP contribution in [0.2, 0.25) is 0 Å². The number of carboxylic acids is 1. The van der Waals surface area contributed by atoms with Gasteiger partial charge in [-0.1, -0.05) is 0 Å². The lowest BCUT2D eigenvalue weighted by molar-refractivity contribution is -0.145. The van der Waals surface area contributed by atoms with Crippen LogP contribution in [0.3, 0.4) is 0 Å². The Labute approximate surface area is 150 Å². The monoisotopic (exact) mass is 450 g/mol. The second-order valence-electron chi connectivity index (χ2n) is 4.12. The van der Waals surface area contributed by atoms with Crippen LogP contribution in [0.4, 0.5) is 0 Å². The van der Waals surface area contributed by atoms with Crippen molar-refractivity contribution in [2.75, 3.05) is 19.8 Å². The minimum atomic E-state index is -1.06. The molecule has 0 spiro atoms. The number of esters is 1. The molecule has 0 atom stereocenters. The molecule has 0 aliphatic heterocycles. The number of halogens is 2. The number of carbonyl (C=O) groups excluding carboxylic acids is 1. The molecule has 0 fully saturated rings. The van der Waals surface area contributed by atoms with E-state index in [0.29, 0.717) is 32.6 Å². The van der Waals surface area contributed by atoms with E-state index in [2.05, 4.69) is 31.9 Å². The lowest BCUT2D eigenvalue weighted by atomic mass is 10.2. The van der Waals surface area contributed by atoms with Crippen molar-refractivity contribution < 1.29 is 28.9 Å². The molecule has 0 saturated carbocycles. The molecule has 1 aromatic rings. The lowest BCUT2D eigenvalue weighted by Crippen LogP contribution is -2.15. The molecule has 8 heteroatoms. The normalized spacial score (nSPS) is 10.6. The topological polar surface area (TPSA) is 82.1 Å². The van der Waals surface area contributed by atoms with Crippen molar-refractivity contribution in [1.29, 1.82) is 0 Å². The summed E-state index contributed by atoms with van der Waals surface area (Å²) in [5, 5.41) is 8.74. The van der Waals surface area contributed by atoms with E-state index in [4.69, 9.17) is 19.3 Å². The predicted molar refractivity (Wildman–Crippen MR) is 91.8 cm³/mol. The van der Waals surface area contributed by atoms with Gasteiger partial charge in [0.2, 0.25) is 0 Å². The Morgan fingerprint density at radius 1 is 1.17 bits per heavy atom. The minimum absolute atomic E-state index is 0.261. The Kier molecular flexibility index (Phi) is 8.11. The zero-order valence-electron chi connectivity index (χ0n) is 12.6. The molecule has 0 aliphatic rings. The Bertz CT molecular complexity index is 612. The second-order valence-corrected chi connectivity index (χ2v) is 5.71. The summed E-state index contributed by atoms with van der Waals surface area (Å²) in [7, 11) is 0. The molecule has 0 unspecified atom stereocenters. The van der Waals surface area contributed by atoms with E-state index in [1.165, 1.54) is 6.08 Å². The number of aliphatic carboxylic acids is 1. The number of carbonyl (C=O) groups is 2. The summed E-state index contributed by atoms with van der Waals surface area (Å²) in [5.41, 5.74) is 0.589. The van der Waals surface area contributed by atoms with Gasteiger partial charge in [-0.2, -0.15) is 0 Å². The average molecular weight is 452 g/mol. The maximum absolute atomic E-state index is 11.4. The zero-order chi connectivity index (χ0) is 17.4. The molecule has 0 saturated heterocycles. The smallest absolute Gasteiger partial charge is 0.344 e. The summed E-state index contributed by atoms with van der Waals surface area (Å²) in [6, 6.07) is 1.62. The van der Waals surface area contributed by atoms with Gasteiger partial charge in [-0.25, -0.2) is 9.59 Å². The number of hydrogen-bond acceptors (Lipinski definition) is 5. The maximum atomic E-state index is 11.4. The molecular formula is C15H16Br2O6. The fourth-order valence-electron chi connectivity index (χ4n) is 1.62. The SMILES string of the molecule is CCOC(=O)COc1c(OCC)cc(/C=C/C(=O)O)c(Br)c1Br. The molecule has 126 valence electrons. The van der Waals surface area contributed by atoms with Gasteiger partial charge in [0.1, 0.15) is 0 Å². The van der Waals surface area contributed by atoms with E-state index in [1.807, 2.05) is 0 Å². The fourth-order valence-corrected chi connectivity index (χ4v) is 2.58. The van der Waals surface area contributed by atoms with Gasteiger partial charge >= 0.3 is 11.9 Å². The van der Waals surface area contributed by atoms with Gasteiger partial charge in [0.15, 0.2) is 18.1 Å². The van der Waals surface area contributed by atoms with Crippen molar-refractivity contribution in [3.05, 3.63) is 26.7 Å². The van der Waals surface area contributed by atoms with Gasteiger partial charge in [-0.3, -0.25) is 0 Å². The molecule has 23 heavy (non-hydrogen) atoms. The van der Waals surface area contributed by atoms with E-state index >= 15 is 0 Å². The van der Waals surface area contributed by atoms with Crippen LogP contribution in [0, 0.1) is 0 Å². The number of hydrogen-bond donors (Lipinski definition) is 1. The van der Waals surface area contributed by atoms with Gasteiger partial charge in [-0.05, 0) is 63.4 Å². The van der Waals surface area contributed by atoms with E-state index in [-0.39, 0.29) is 13.2 Å². The summed E-state index contributed by atoms with van der Waals surface area (Å²) in [6.45, 7) is 3.90. The van der Waals surface area contributed by atoms with Crippen LogP contribution < -0.4 is 9.47 Å². The summed E-state index contributed by atoms with van der Waals surface area (Å²) in [6.07, 6.45) is 2.44. The molecule has 0 aliphatic carbocycles. The molecule has 0 heterocycles. The molecule has 1 rings (SSSR count). The average Bonchev–Trinajstić information content (AvgIpc) is 2.49.